The molecule has 0 bridgehead atoms. The highest BCUT2D eigenvalue weighted by Gasteiger charge is 2.14. The van der Waals surface area contributed by atoms with E-state index >= 15 is 0 Å². The maximum Gasteiger partial charge on any atom is 0.220 e. The molecule has 1 amide bonds. The van der Waals surface area contributed by atoms with Gasteiger partial charge in [-0.25, -0.2) is 0 Å². The minimum absolute atomic E-state index is 0.0438. The van der Waals surface area contributed by atoms with Gasteiger partial charge in [0.2, 0.25) is 5.91 Å². The lowest BCUT2D eigenvalue weighted by Gasteiger charge is -2.17. The zero-order valence-electron chi connectivity index (χ0n) is 9.43. The molecule has 0 aliphatic rings. The van der Waals surface area contributed by atoms with Crippen LogP contribution in [0.5, 0.6) is 0 Å². The van der Waals surface area contributed by atoms with Crippen LogP contribution in [0.1, 0.15) is 27.2 Å². The van der Waals surface area contributed by atoms with E-state index in [1.165, 1.54) is 0 Å². The second kappa shape index (κ2) is 6.79. The van der Waals surface area contributed by atoms with Gasteiger partial charge in [-0.2, -0.15) is 0 Å². The lowest BCUT2D eigenvalue weighted by atomic mass is 9.92. The maximum absolute atomic E-state index is 11.3. The van der Waals surface area contributed by atoms with E-state index in [1.54, 1.807) is 0 Å². The van der Waals surface area contributed by atoms with Gasteiger partial charge in [-0.1, -0.05) is 20.8 Å². The van der Waals surface area contributed by atoms with Gasteiger partial charge >= 0.3 is 0 Å². The zero-order valence-corrected chi connectivity index (χ0v) is 9.43. The Balaban J connectivity index is 3.36. The van der Waals surface area contributed by atoms with E-state index < -0.39 is 0 Å². The third kappa shape index (κ3) is 9.48. The maximum atomic E-state index is 11.3. The molecule has 0 radical (unpaired) electrons. The summed E-state index contributed by atoms with van der Waals surface area (Å²) >= 11 is 0. The number of hydrogen-bond acceptors (Lipinski definition) is 3. The Morgan fingerprint density at radius 3 is 2.50 bits per heavy atom. The van der Waals surface area contributed by atoms with E-state index in [-0.39, 0.29) is 11.3 Å². The quantitative estimate of drug-likeness (QED) is 0.617. The van der Waals surface area contributed by atoms with Crippen LogP contribution in [0.15, 0.2) is 0 Å². The lowest BCUT2D eigenvalue weighted by molar-refractivity contribution is -0.123. The molecule has 0 unspecified atom stereocenters. The van der Waals surface area contributed by atoms with Crippen molar-refractivity contribution >= 4 is 5.91 Å². The average molecular weight is 202 g/mol. The molecule has 0 fully saturated rings. The topological polar surface area (TPSA) is 64.3 Å². The molecule has 0 saturated carbocycles. The van der Waals surface area contributed by atoms with Gasteiger partial charge in [0.1, 0.15) is 0 Å². The standard InChI is InChI=1S/C10H22N2O2/c1-10(2,3)8-9(13)12-5-7-14-6-4-11/h4-8,11H2,1-3H3,(H,12,13). The smallest absolute Gasteiger partial charge is 0.220 e. The Labute approximate surface area is 86.2 Å². The lowest BCUT2D eigenvalue weighted by Crippen LogP contribution is -2.30. The predicted molar refractivity (Wildman–Crippen MR) is 57.0 cm³/mol. The van der Waals surface area contributed by atoms with Crippen LogP contribution >= 0.6 is 0 Å². The Bertz CT molecular complexity index is 164. The number of rotatable bonds is 6. The van der Waals surface area contributed by atoms with Crippen molar-refractivity contribution in [3.63, 3.8) is 0 Å². The summed E-state index contributed by atoms with van der Waals surface area (Å²) in [6.45, 7) is 8.29. The number of carbonyl (C=O) groups is 1. The molecule has 0 aromatic heterocycles. The largest absolute Gasteiger partial charge is 0.378 e. The minimum atomic E-state index is 0.0438. The Morgan fingerprint density at radius 1 is 1.36 bits per heavy atom. The SMILES string of the molecule is CC(C)(C)CC(=O)NCCOCCN. The molecule has 0 atom stereocenters. The highest BCUT2D eigenvalue weighted by atomic mass is 16.5. The van der Waals surface area contributed by atoms with Crippen LogP contribution in [0.3, 0.4) is 0 Å². The molecule has 0 rings (SSSR count). The van der Waals surface area contributed by atoms with E-state index in [0.29, 0.717) is 32.7 Å². The van der Waals surface area contributed by atoms with Crippen LogP contribution < -0.4 is 11.1 Å². The van der Waals surface area contributed by atoms with Crippen molar-refractivity contribution in [2.24, 2.45) is 11.1 Å². The second-order valence-corrected chi connectivity index (χ2v) is 4.49. The molecule has 0 aliphatic carbocycles. The zero-order chi connectivity index (χ0) is 11.0. The summed E-state index contributed by atoms with van der Waals surface area (Å²) in [5, 5.41) is 2.79. The summed E-state index contributed by atoms with van der Waals surface area (Å²) in [6, 6.07) is 0. The van der Waals surface area contributed by atoms with Crippen LogP contribution in [0, 0.1) is 5.41 Å². The molecular weight excluding hydrogens is 180 g/mol. The monoisotopic (exact) mass is 202 g/mol. The van der Waals surface area contributed by atoms with Crippen molar-refractivity contribution in [1.82, 2.24) is 5.32 Å². The van der Waals surface area contributed by atoms with E-state index in [1.807, 2.05) is 20.8 Å². The van der Waals surface area contributed by atoms with Gasteiger partial charge in [0.05, 0.1) is 13.2 Å². The number of ether oxygens (including phenoxy) is 1. The van der Waals surface area contributed by atoms with E-state index in [0.717, 1.165) is 0 Å². The molecule has 0 spiro atoms. The molecule has 0 aliphatic heterocycles. The van der Waals surface area contributed by atoms with Gasteiger partial charge in [0.25, 0.3) is 0 Å². The van der Waals surface area contributed by atoms with E-state index in [4.69, 9.17) is 10.5 Å². The van der Waals surface area contributed by atoms with Crippen molar-refractivity contribution in [1.29, 1.82) is 0 Å². The number of hydrogen-bond donors (Lipinski definition) is 2. The third-order valence-corrected chi connectivity index (χ3v) is 1.52. The third-order valence-electron chi connectivity index (χ3n) is 1.52. The summed E-state index contributed by atoms with van der Waals surface area (Å²) in [4.78, 5) is 11.3. The van der Waals surface area contributed by atoms with Gasteiger partial charge in [-0.05, 0) is 5.41 Å². The van der Waals surface area contributed by atoms with Crippen LogP contribution in [0.4, 0.5) is 0 Å². The first kappa shape index (κ1) is 13.4. The molecule has 0 aromatic carbocycles. The summed E-state index contributed by atoms with van der Waals surface area (Å²) in [5.74, 6) is 0.0776. The van der Waals surface area contributed by atoms with Crippen LogP contribution in [0.25, 0.3) is 0 Å². The van der Waals surface area contributed by atoms with Crippen molar-refractivity contribution < 1.29 is 9.53 Å². The summed E-state index contributed by atoms with van der Waals surface area (Å²) in [7, 11) is 0. The van der Waals surface area contributed by atoms with Gasteiger partial charge in [0, 0.05) is 19.5 Å². The molecule has 4 nitrogen and oxygen atoms in total. The van der Waals surface area contributed by atoms with Crippen LogP contribution in [-0.2, 0) is 9.53 Å². The van der Waals surface area contributed by atoms with Gasteiger partial charge in [0.15, 0.2) is 0 Å². The first-order chi connectivity index (χ1) is 6.45. The molecule has 14 heavy (non-hydrogen) atoms. The Hall–Kier alpha value is -0.610. The van der Waals surface area contributed by atoms with Crippen molar-refractivity contribution in [2.75, 3.05) is 26.3 Å². The molecule has 4 heteroatoms. The summed E-state index contributed by atoms with van der Waals surface area (Å²) in [6.07, 6.45) is 0.546. The van der Waals surface area contributed by atoms with E-state index in [2.05, 4.69) is 5.32 Å². The Morgan fingerprint density at radius 2 is 2.00 bits per heavy atom. The predicted octanol–water partition coefficient (Wildman–Crippen LogP) is 0.514. The first-order valence-electron chi connectivity index (χ1n) is 5.00. The number of carbonyl (C=O) groups excluding carboxylic acids is 1. The van der Waals surface area contributed by atoms with Crippen molar-refractivity contribution in [2.45, 2.75) is 27.2 Å². The van der Waals surface area contributed by atoms with Crippen LogP contribution in [-0.4, -0.2) is 32.2 Å². The van der Waals surface area contributed by atoms with Crippen LogP contribution in [0.2, 0.25) is 0 Å². The molecule has 84 valence electrons. The number of nitrogens with one attached hydrogen (secondary N) is 1. The van der Waals surface area contributed by atoms with Gasteiger partial charge < -0.3 is 15.8 Å². The fourth-order valence-electron chi connectivity index (χ4n) is 0.992. The highest BCUT2D eigenvalue weighted by Crippen LogP contribution is 2.17. The van der Waals surface area contributed by atoms with Crippen molar-refractivity contribution in [3.8, 4) is 0 Å². The highest BCUT2D eigenvalue weighted by molar-refractivity contribution is 5.76. The molecule has 0 saturated heterocycles. The first-order valence-corrected chi connectivity index (χ1v) is 5.00. The second-order valence-electron chi connectivity index (χ2n) is 4.49. The molecule has 3 N–H and O–H groups in total. The summed E-state index contributed by atoms with van der Waals surface area (Å²) in [5.41, 5.74) is 5.29. The fourth-order valence-corrected chi connectivity index (χ4v) is 0.992. The van der Waals surface area contributed by atoms with Gasteiger partial charge in [-0.3, -0.25) is 4.79 Å². The molecule has 0 aromatic rings. The minimum Gasteiger partial charge on any atom is -0.378 e. The van der Waals surface area contributed by atoms with Gasteiger partial charge in [-0.15, -0.1) is 0 Å². The number of amides is 1. The number of nitrogens with two attached hydrogens (primary N) is 1. The fraction of sp³-hybridized carbons (Fsp3) is 0.900. The average Bonchev–Trinajstić information content (AvgIpc) is 2.00. The van der Waals surface area contributed by atoms with E-state index in [9.17, 15) is 4.79 Å². The molecule has 0 heterocycles. The molecular formula is C10H22N2O2. The Kier molecular flexibility index (Phi) is 6.49. The van der Waals surface area contributed by atoms with Crippen molar-refractivity contribution in [3.05, 3.63) is 0 Å². The summed E-state index contributed by atoms with van der Waals surface area (Å²) < 4.78 is 5.12. The normalized spacial score (nSPS) is 11.4.